The zero-order valence-corrected chi connectivity index (χ0v) is 15.4. The number of hydrogen-bond acceptors (Lipinski definition) is 5. The van der Waals surface area contributed by atoms with E-state index in [4.69, 9.17) is 4.74 Å². The zero-order chi connectivity index (χ0) is 18.6. The number of anilines is 1. The van der Waals surface area contributed by atoms with Gasteiger partial charge in [0.2, 0.25) is 5.91 Å². The van der Waals surface area contributed by atoms with Crippen molar-refractivity contribution in [2.24, 2.45) is 0 Å². The SMILES string of the molecule is CCOc1ccccc1NC(=O)Cn1cnc(S(=O)(=O)N2CCCC2)c1. The van der Waals surface area contributed by atoms with E-state index in [-0.39, 0.29) is 17.5 Å². The lowest BCUT2D eigenvalue weighted by molar-refractivity contribution is -0.116. The second kappa shape index (κ2) is 7.88. The third-order valence-corrected chi connectivity index (χ3v) is 5.85. The molecule has 1 saturated heterocycles. The molecule has 1 aliphatic rings. The molecule has 1 aromatic heterocycles. The van der Waals surface area contributed by atoms with Crippen molar-refractivity contribution in [1.29, 1.82) is 0 Å². The number of ether oxygens (including phenoxy) is 1. The second-order valence-electron chi connectivity index (χ2n) is 5.97. The smallest absolute Gasteiger partial charge is 0.262 e. The summed E-state index contributed by atoms with van der Waals surface area (Å²) in [6, 6.07) is 7.15. The number of amides is 1. The van der Waals surface area contributed by atoms with E-state index < -0.39 is 10.0 Å². The summed E-state index contributed by atoms with van der Waals surface area (Å²) in [4.78, 5) is 16.2. The van der Waals surface area contributed by atoms with Crippen molar-refractivity contribution in [3.63, 3.8) is 0 Å². The van der Waals surface area contributed by atoms with Crippen LogP contribution in [0.2, 0.25) is 0 Å². The second-order valence-corrected chi connectivity index (χ2v) is 7.86. The first kappa shape index (κ1) is 18.4. The summed E-state index contributed by atoms with van der Waals surface area (Å²) < 4.78 is 33.3. The van der Waals surface area contributed by atoms with Crippen LogP contribution in [0.3, 0.4) is 0 Å². The van der Waals surface area contributed by atoms with Gasteiger partial charge in [0.05, 0.1) is 18.6 Å². The summed E-state index contributed by atoms with van der Waals surface area (Å²) in [6.07, 6.45) is 4.47. The molecule has 2 heterocycles. The van der Waals surface area contributed by atoms with Gasteiger partial charge in [0, 0.05) is 19.3 Å². The molecule has 1 aliphatic heterocycles. The molecule has 9 heteroatoms. The van der Waals surface area contributed by atoms with Gasteiger partial charge in [-0.2, -0.15) is 4.31 Å². The number of rotatable bonds is 7. The largest absolute Gasteiger partial charge is 0.492 e. The van der Waals surface area contributed by atoms with E-state index in [9.17, 15) is 13.2 Å². The van der Waals surface area contributed by atoms with Crippen molar-refractivity contribution in [3.05, 3.63) is 36.8 Å². The average Bonchev–Trinajstić information content (AvgIpc) is 3.29. The normalized spacial score (nSPS) is 15.1. The lowest BCUT2D eigenvalue weighted by atomic mass is 10.3. The highest BCUT2D eigenvalue weighted by molar-refractivity contribution is 7.89. The molecule has 0 saturated carbocycles. The highest BCUT2D eigenvalue weighted by Crippen LogP contribution is 2.24. The Morgan fingerprint density at radius 1 is 1.27 bits per heavy atom. The molecule has 26 heavy (non-hydrogen) atoms. The molecule has 0 radical (unpaired) electrons. The van der Waals surface area contributed by atoms with Gasteiger partial charge in [0.15, 0.2) is 5.03 Å². The van der Waals surface area contributed by atoms with Gasteiger partial charge in [-0.1, -0.05) is 12.1 Å². The van der Waals surface area contributed by atoms with E-state index in [1.165, 1.54) is 21.4 Å². The summed E-state index contributed by atoms with van der Waals surface area (Å²) >= 11 is 0. The van der Waals surface area contributed by atoms with Crippen LogP contribution in [-0.4, -0.2) is 47.9 Å². The van der Waals surface area contributed by atoms with Gasteiger partial charge in [-0.3, -0.25) is 4.79 Å². The molecular weight excluding hydrogens is 356 g/mol. The van der Waals surface area contributed by atoms with Crippen LogP contribution in [0, 0.1) is 0 Å². The number of nitrogens with one attached hydrogen (secondary N) is 1. The number of aromatic nitrogens is 2. The van der Waals surface area contributed by atoms with Crippen molar-refractivity contribution in [2.75, 3.05) is 25.0 Å². The summed E-state index contributed by atoms with van der Waals surface area (Å²) in [6.45, 7) is 3.36. The van der Waals surface area contributed by atoms with Crippen LogP contribution in [0.25, 0.3) is 0 Å². The third kappa shape index (κ3) is 4.05. The van der Waals surface area contributed by atoms with E-state index in [1.807, 2.05) is 13.0 Å². The van der Waals surface area contributed by atoms with Gasteiger partial charge in [0.25, 0.3) is 10.0 Å². The molecule has 1 aromatic carbocycles. The molecular formula is C17H22N4O4S. The first-order valence-electron chi connectivity index (χ1n) is 8.54. The fourth-order valence-corrected chi connectivity index (χ4v) is 4.28. The number of imidazole rings is 1. The lowest BCUT2D eigenvalue weighted by Crippen LogP contribution is -2.28. The maximum Gasteiger partial charge on any atom is 0.262 e. The highest BCUT2D eigenvalue weighted by Gasteiger charge is 2.29. The van der Waals surface area contributed by atoms with Gasteiger partial charge in [-0.25, -0.2) is 13.4 Å². The molecule has 140 valence electrons. The highest BCUT2D eigenvalue weighted by atomic mass is 32.2. The van der Waals surface area contributed by atoms with Gasteiger partial charge in [-0.15, -0.1) is 0 Å². The Balaban J connectivity index is 1.67. The van der Waals surface area contributed by atoms with Crippen molar-refractivity contribution in [1.82, 2.24) is 13.9 Å². The topological polar surface area (TPSA) is 93.5 Å². The van der Waals surface area contributed by atoms with E-state index in [1.54, 1.807) is 18.2 Å². The van der Waals surface area contributed by atoms with Crippen LogP contribution in [0.1, 0.15) is 19.8 Å². The Kier molecular flexibility index (Phi) is 5.58. The van der Waals surface area contributed by atoms with Gasteiger partial charge in [0.1, 0.15) is 12.3 Å². The monoisotopic (exact) mass is 378 g/mol. The molecule has 1 fully saturated rings. The number of nitrogens with zero attached hydrogens (tertiary/aromatic N) is 3. The van der Waals surface area contributed by atoms with E-state index in [2.05, 4.69) is 10.3 Å². The van der Waals surface area contributed by atoms with E-state index >= 15 is 0 Å². The van der Waals surface area contributed by atoms with Crippen molar-refractivity contribution in [2.45, 2.75) is 31.3 Å². The Bertz CT molecular complexity index is 872. The van der Waals surface area contributed by atoms with Crippen LogP contribution in [0.5, 0.6) is 5.75 Å². The molecule has 0 unspecified atom stereocenters. The van der Waals surface area contributed by atoms with E-state index in [0.717, 1.165) is 12.8 Å². The Hall–Kier alpha value is -2.39. The zero-order valence-electron chi connectivity index (χ0n) is 14.6. The van der Waals surface area contributed by atoms with Crippen LogP contribution in [0.15, 0.2) is 41.8 Å². The molecule has 2 aromatic rings. The van der Waals surface area contributed by atoms with Crippen LogP contribution < -0.4 is 10.1 Å². The number of carbonyl (C=O) groups excluding carboxylic acids is 1. The minimum Gasteiger partial charge on any atom is -0.492 e. The minimum atomic E-state index is -3.58. The molecule has 1 N–H and O–H groups in total. The van der Waals surface area contributed by atoms with Crippen LogP contribution in [0.4, 0.5) is 5.69 Å². The summed E-state index contributed by atoms with van der Waals surface area (Å²) in [5.41, 5.74) is 0.573. The number of para-hydroxylation sites is 2. The fourth-order valence-electron chi connectivity index (χ4n) is 2.83. The van der Waals surface area contributed by atoms with Gasteiger partial charge >= 0.3 is 0 Å². The van der Waals surface area contributed by atoms with Crippen molar-refractivity contribution < 1.29 is 17.9 Å². The molecule has 1 amide bonds. The Morgan fingerprint density at radius 3 is 2.73 bits per heavy atom. The first-order valence-corrected chi connectivity index (χ1v) is 9.98. The molecule has 0 atom stereocenters. The van der Waals surface area contributed by atoms with Crippen LogP contribution in [-0.2, 0) is 21.4 Å². The molecule has 0 aliphatic carbocycles. The van der Waals surface area contributed by atoms with Crippen molar-refractivity contribution >= 4 is 21.6 Å². The minimum absolute atomic E-state index is 0.0260. The van der Waals surface area contributed by atoms with E-state index in [0.29, 0.717) is 31.1 Å². The van der Waals surface area contributed by atoms with Crippen LogP contribution >= 0.6 is 0 Å². The number of sulfonamides is 1. The number of hydrogen-bond donors (Lipinski definition) is 1. The van der Waals surface area contributed by atoms with Gasteiger partial charge in [-0.05, 0) is 31.9 Å². The average molecular weight is 378 g/mol. The number of carbonyl (C=O) groups is 1. The van der Waals surface area contributed by atoms with Gasteiger partial charge < -0.3 is 14.6 Å². The predicted molar refractivity (Wildman–Crippen MR) is 96.5 cm³/mol. The fraction of sp³-hybridized carbons (Fsp3) is 0.412. The maximum atomic E-state index is 12.5. The Labute approximate surface area is 152 Å². The summed E-state index contributed by atoms with van der Waals surface area (Å²) in [5, 5.41) is 2.75. The summed E-state index contributed by atoms with van der Waals surface area (Å²) in [7, 11) is -3.58. The van der Waals surface area contributed by atoms with Crippen molar-refractivity contribution in [3.8, 4) is 5.75 Å². The quantitative estimate of drug-likeness (QED) is 0.792. The summed E-state index contributed by atoms with van der Waals surface area (Å²) in [5.74, 6) is 0.297. The maximum absolute atomic E-state index is 12.5. The molecule has 3 rings (SSSR count). The predicted octanol–water partition coefficient (Wildman–Crippen LogP) is 1.70. The Morgan fingerprint density at radius 2 is 2.00 bits per heavy atom. The molecule has 0 spiro atoms. The molecule has 8 nitrogen and oxygen atoms in total. The lowest BCUT2D eigenvalue weighted by Gasteiger charge is -2.13. The number of benzene rings is 1. The molecule has 0 bridgehead atoms. The standard InChI is InChI=1S/C17H22N4O4S/c1-2-25-15-8-4-3-7-14(15)19-16(22)11-20-12-17(18-13-20)26(23,24)21-9-5-6-10-21/h3-4,7-8,12-13H,2,5-6,9-11H2,1H3,(H,19,22). The first-order chi connectivity index (χ1) is 12.5. The third-order valence-electron chi connectivity index (χ3n) is 4.07.